The largest absolute Gasteiger partial charge is 0.351 e. The van der Waals surface area contributed by atoms with E-state index >= 15 is 0 Å². The molecule has 1 amide bonds. The highest BCUT2D eigenvalue weighted by Crippen LogP contribution is 2.33. The van der Waals surface area contributed by atoms with Gasteiger partial charge in [0.15, 0.2) is 0 Å². The fourth-order valence-electron chi connectivity index (χ4n) is 4.48. The molecule has 2 N–H and O–H groups in total. The molecule has 21 heavy (non-hydrogen) atoms. The van der Waals surface area contributed by atoms with Crippen LogP contribution in [-0.2, 0) is 17.6 Å². The van der Waals surface area contributed by atoms with E-state index in [1.807, 2.05) is 0 Å². The zero-order valence-electron chi connectivity index (χ0n) is 12.5. The van der Waals surface area contributed by atoms with Crippen molar-refractivity contribution in [1.82, 2.24) is 10.6 Å². The normalized spacial score (nSPS) is 31.7. The maximum Gasteiger partial charge on any atom is 0.237 e. The minimum Gasteiger partial charge on any atom is -0.351 e. The third kappa shape index (κ3) is 2.59. The Labute approximate surface area is 126 Å². The summed E-state index contributed by atoms with van der Waals surface area (Å²) in [6.45, 7) is 0. The summed E-state index contributed by atoms with van der Waals surface area (Å²) in [4.78, 5) is 12.5. The van der Waals surface area contributed by atoms with Gasteiger partial charge in [-0.1, -0.05) is 37.1 Å². The molecule has 1 saturated heterocycles. The molecule has 0 spiro atoms. The molecule has 1 aromatic carbocycles. The topological polar surface area (TPSA) is 41.1 Å². The fourth-order valence-corrected chi connectivity index (χ4v) is 4.48. The van der Waals surface area contributed by atoms with Gasteiger partial charge in [0.2, 0.25) is 5.91 Å². The molecule has 0 bridgehead atoms. The molecule has 2 aliphatic carbocycles. The minimum absolute atomic E-state index is 0.0433. The van der Waals surface area contributed by atoms with Crippen molar-refractivity contribution in [3.05, 3.63) is 35.4 Å². The maximum atomic E-state index is 12.5. The molecule has 3 aliphatic rings. The predicted octanol–water partition coefficient (Wildman–Crippen LogP) is 2.19. The van der Waals surface area contributed by atoms with Crippen LogP contribution in [0.25, 0.3) is 0 Å². The molecule has 1 saturated carbocycles. The van der Waals surface area contributed by atoms with Crippen LogP contribution >= 0.6 is 0 Å². The summed E-state index contributed by atoms with van der Waals surface area (Å²) >= 11 is 0. The average molecular weight is 284 g/mol. The molecule has 4 rings (SSSR count). The van der Waals surface area contributed by atoms with Crippen LogP contribution < -0.4 is 10.6 Å². The molecule has 1 aliphatic heterocycles. The highest BCUT2D eigenvalue weighted by molar-refractivity contribution is 5.82. The second-order valence-corrected chi connectivity index (χ2v) is 6.99. The van der Waals surface area contributed by atoms with Gasteiger partial charge in [-0.05, 0) is 49.1 Å². The first kappa shape index (κ1) is 13.3. The van der Waals surface area contributed by atoms with Crippen molar-refractivity contribution in [3.63, 3.8) is 0 Å². The summed E-state index contributed by atoms with van der Waals surface area (Å²) in [5.74, 6) is 0.956. The lowest BCUT2D eigenvalue weighted by atomic mass is 9.85. The lowest BCUT2D eigenvalue weighted by Gasteiger charge is -2.24. The Hall–Kier alpha value is -1.35. The van der Waals surface area contributed by atoms with Crippen molar-refractivity contribution < 1.29 is 4.79 Å². The molecular formula is C18H24N2O. The van der Waals surface area contributed by atoms with Crippen LogP contribution in [0.5, 0.6) is 0 Å². The van der Waals surface area contributed by atoms with E-state index in [-0.39, 0.29) is 11.9 Å². The monoisotopic (exact) mass is 284 g/mol. The van der Waals surface area contributed by atoms with E-state index < -0.39 is 0 Å². The van der Waals surface area contributed by atoms with Gasteiger partial charge in [-0.25, -0.2) is 0 Å². The maximum absolute atomic E-state index is 12.5. The van der Waals surface area contributed by atoms with Crippen molar-refractivity contribution >= 4 is 5.91 Å². The van der Waals surface area contributed by atoms with Gasteiger partial charge >= 0.3 is 0 Å². The van der Waals surface area contributed by atoms with Gasteiger partial charge in [-0.3, -0.25) is 4.79 Å². The molecule has 3 atom stereocenters. The first-order valence-corrected chi connectivity index (χ1v) is 8.43. The number of benzene rings is 1. The number of carbonyl (C=O) groups is 1. The van der Waals surface area contributed by atoms with Crippen molar-refractivity contribution in [2.24, 2.45) is 5.92 Å². The second-order valence-electron chi connectivity index (χ2n) is 6.99. The van der Waals surface area contributed by atoms with Gasteiger partial charge in [0.25, 0.3) is 0 Å². The molecule has 0 radical (unpaired) electrons. The van der Waals surface area contributed by atoms with E-state index in [1.54, 1.807) is 0 Å². The number of hydrogen-bond acceptors (Lipinski definition) is 2. The van der Waals surface area contributed by atoms with Crippen molar-refractivity contribution in [2.45, 2.75) is 63.1 Å². The molecule has 112 valence electrons. The smallest absolute Gasteiger partial charge is 0.237 e. The van der Waals surface area contributed by atoms with E-state index in [0.29, 0.717) is 12.1 Å². The molecule has 3 nitrogen and oxygen atoms in total. The zero-order chi connectivity index (χ0) is 14.2. The third-order valence-electron chi connectivity index (χ3n) is 5.58. The first-order chi connectivity index (χ1) is 10.3. The Morgan fingerprint density at radius 2 is 1.81 bits per heavy atom. The fraction of sp³-hybridized carbons (Fsp3) is 0.611. The highest BCUT2D eigenvalue weighted by Gasteiger charge is 2.38. The third-order valence-corrected chi connectivity index (χ3v) is 5.58. The summed E-state index contributed by atoms with van der Waals surface area (Å²) in [6, 6.07) is 9.48. The van der Waals surface area contributed by atoms with E-state index in [1.165, 1.54) is 36.8 Å². The molecule has 0 aromatic heterocycles. The van der Waals surface area contributed by atoms with Gasteiger partial charge in [-0.15, -0.1) is 0 Å². The highest BCUT2D eigenvalue weighted by atomic mass is 16.2. The summed E-state index contributed by atoms with van der Waals surface area (Å²) in [6.07, 6.45) is 8.23. The van der Waals surface area contributed by atoms with E-state index in [4.69, 9.17) is 0 Å². The van der Waals surface area contributed by atoms with Crippen LogP contribution in [0.3, 0.4) is 0 Å². The van der Waals surface area contributed by atoms with Gasteiger partial charge in [-0.2, -0.15) is 0 Å². The summed E-state index contributed by atoms with van der Waals surface area (Å²) in [7, 11) is 0. The molecule has 3 heteroatoms. The van der Waals surface area contributed by atoms with Gasteiger partial charge in [0, 0.05) is 12.1 Å². The molecule has 1 aromatic rings. The Morgan fingerprint density at radius 1 is 1.10 bits per heavy atom. The predicted molar refractivity (Wildman–Crippen MR) is 83.1 cm³/mol. The van der Waals surface area contributed by atoms with Crippen LogP contribution in [0.1, 0.15) is 43.2 Å². The second kappa shape index (κ2) is 5.45. The lowest BCUT2D eigenvalue weighted by Crippen LogP contribution is -2.47. The summed E-state index contributed by atoms with van der Waals surface area (Å²) in [5.41, 5.74) is 2.80. The van der Waals surface area contributed by atoms with E-state index in [2.05, 4.69) is 34.9 Å². The van der Waals surface area contributed by atoms with Gasteiger partial charge in [0.1, 0.15) is 0 Å². The van der Waals surface area contributed by atoms with Crippen molar-refractivity contribution in [2.75, 3.05) is 0 Å². The van der Waals surface area contributed by atoms with Crippen molar-refractivity contribution in [1.29, 1.82) is 0 Å². The SMILES string of the molecule is O=C(NC1Cc2ccccc2C1)C1CC2CCCCC2N1. The summed E-state index contributed by atoms with van der Waals surface area (Å²) in [5, 5.41) is 6.85. The van der Waals surface area contributed by atoms with Crippen LogP contribution in [0.2, 0.25) is 0 Å². The van der Waals surface area contributed by atoms with Crippen LogP contribution in [0.4, 0.5) is 0 Å². The molecule has 3 unspecified atom stereocenters. The van der Waals surface area contributed by atoms with Gasteiger partial charge < -0.3 is 10.6 Å². The van der Waals surface area contributed by atoms with Crippen LogP contribution in [-0.4, -0.2) is 24.0 Å². The molecular weight excluding hydrogens is 260 g/mol. The number of rotatable bonds is 2. The lowest BCUT2D eigenvalue weighted by molar-refractivity contribution is -0.123. The first-order valence-electron chi connectivity index (χ1n) is 8.43. The average Bonchev–Trinajstić information content (AvgIpc) is 3.10. The minimum atomic E-state index is 0.0433. The Bertz CT molecular complexity index is 503. The van der Waals surface area contributed by atoms with Crippen LogP contribution in [0, 0.1) is 5.92 Å². The number of fused-ring (bicyclic) bond motifs is 2. The summed E-state index contributed by atoms with van der Waals surface area (Å²) < 4.78 is 0. The molecule has 2 fully saturated rings. The number of amides is 1. The standard InChI is InChI=1S/C18H24N2O/c21-18(17-11-14-7-3-4-8-16(14)20-17)19-15-9-12-5-1-2-6-13(12)10-15/h1-2,5-6,14-17,20H,3-4,7-11H2,(H,19,21). The zero-order valence-corrected chi connectivity index (χ0v) is 12.5. The Morgan fingerprint density at radius 3 is 2.52 bits per heavy atom. The Kier molecular flexibility index (Phi) is 3.46. The van der Waals surface area contributed by atoms with E-state index in [9.17, 15) is 4.79 Å². The molecule has 1 heterocycles. The van der Waals surface area contributed by atoms with E-state index in [0.717, 1.165) is 25.2 Å². The van der Waals surface area contributed by atoms with Crippen LogP contribution in [0.15, 0.2) is 24.3 Å². The number of hydrogen-bond donors (Lipinski definition) is 2. The van der Waals surface area contributed by atoms with Crippen molar-refractivity contribution in [3.8, 4) is 0 Å². The number of carbonyl (C=O) groups excluding carboxylic acids is 1. The number of nitrogens with one attached hydrogen (secondary N) is 2. The quantitative estimate of drug-likeness (QED) is 0.874. The Balaban J connectivity index is 1.35. The van der Waals surface area contributed by atoms with Gasteiger partial charge in [0.05, 0.1) is 6.04 Å².